The maximum Gasteiger partial charge on any atom is 0.329 e. The molecular weight excluding hydrogens is 274 g/mol. The summed E-state index contributed by atoms with van der Waals surface area (Å²) in [5, 5.41) is 14.0. The highest BCUT2D eigenvalue weighted by atomic mass is 16.4. The Morgan fingerprint density at radius 3 is 2.29 bits per heavy atom. The Labute approximate surface area is 125 Å². The van der Waals surface area contributed by atoms with Gasteiger partial charge in [-0.1, -0.05) is 6.92 Å². The van der Waals surface area contributed by atoms with Gasteiger partial charge in [-0.3, -0.25) is 4.79 Å². The standard InChI is InChI=1S/C14H25N3O4/c1-4-14(3,12(19)20)16-13(21)15-10(2)11(18)17-8-6-5-7-9-17/h10H,4-9H2,1-3H3,(H,19,20)(H2,15,16,21). The third kappa shape index (κ3) is 4.61. The molecule has 2 unspecified atom stereocenters. The lowest BCUT2D eigenvalue weighted by molar-refractivity contribution is -0.143. The topological polar surface area (TPSA) is 98.7 Å². The van der Waals surface area contributed by atoms with E-state index >= 15 is 0 Å². The van der Waals surface area contributed by atoms with Crippen LogP contribution in [0.5, 0.6) is 0 Å². The molecule has 2 atom stereocenters. The minimum atomic E-state index is -1.34. The third-order valence-electron chi connectivity index (χ3n) is 3.95. The van der Waals surface area contributed by atoms with E-state index in [4.69, 9.17) is 5.11 Å². The fourth-order valence-corrected chi connectivity index (χ4v) is 2.23. The Morgan fingerprint density at radius 1 is 1.24 bits per heavy atom. The van der Waals surface area contributed by atoms with E-state index in [1.807, 2.05) is 0 Å². The van der Waals surface area contributed by atoms with Crippen molar-refractivity contribution in [3.63, 3.8) is 0 Å². The highest BCUT2D eigenvalue weighted by molar-refractivity contribution is 5.89. The normalized spacial score (nSPS) is 19.3. The number of carbonyl (C=O) groups excluding carboxylic acids is 2. The summed E-state index contributed by atoms with van der Waals surface area (Å²) >= 11 is 0. The Balaban J connectivity index is 2.53. The van der Waals surface area contributed by atoms with E-state index < -0.39 is 23.6 Å². The van der Waals surface area contributed by atoms with Crippen LogP contribution < -0.4 is 10.6 Å². The van der Waals surface area contributed by atoms with Crippen LogP contribution in [0.15, 0.2) is 0 Å². The highest BCUT2D eigenvalue weighted by Gasteiger charge is 2.33. The van der Waals surface area contributed by atoms with Gasteiger partial charge in [-0.05, 0) is 39.5 Å². The van der Waals surface area contributed by atoms with Crippen molar-refractivity contribution in [2.75, 3.05) is 13.1 Å². The zero-order chi connectivity index (χ0) is 16.0. The number of hydrogen-bond acceptors (Lipinski definition) is 3. The molecule has 0 aromatic heterocycles. The highest BCUT2D eigenvalue weighted by Crippen LogP contribution is 2.11. The van der Waals surface area contributed by atoms with Crippen molar-refractivity contribution in [2.24, 2.45) is 0 Å². The fraction of sp³-hybridized carbons (Fsp3) is 0.786. The molecule has 7 heteroatoms. The van der Waals surface area contributed by atoms with Crippen molar-refractivity contribution < 1.29 is 19.5 Å². The van der Waals surface area contributed by atoms with Crippen molar-refractivity contribution in [3.05, 3.63) is 0 Å². The predicted octanol–water partition coefficient (Wildman–Crippen LogP) is 0.940. The maximum absolute atomic E-state index is 12.2. The lowest BCUT2D eigenvalue weighted by atomic mass is 10.00. The first kappa shape index (κ1) is 17.3. The largest absolute Gasteiger partial charge is 0.480 e. The Kier molecular flexibility index (Phi) is 5.99. The van der Waals surface area contributed by atoms with Crippen molar-refractivity contribution >= 4 is 17.9 Å². The first-order valence-corrected chi connectivity index (χ1v) is 7.41. The Hall–Kier alpha value is -1.79. The van der Waals surface area contributed by atoms with E-state index in [1.54, 1.807) is 18.7 Å². The molecule has 1 rings (SSSR count). The molecule has 1 aliphatic heterocycles. The van der Waals surface area contributed by atoms with Crippen LogP contribution in [0.2, 0.25) is 0 Å². The van der Waals surface area contributed by atoms with E-state index in [-0.39, 0.29) is 12.3 Å². The molecule has 0 aromatic carbocycles. The smallest absolute Gasteiger partial charge is 0.329 e. The second kappa shape index (κ2) is 7.28. The van der Waals surface area contributed by atoms with Gasteiger partial charge in [0.2, 0.25) is 5.91 Å². The minimum absolute atomic E-state index is 0.127. The molecule has 0 saturated carbocycles. The van der Waals surface area contributed by atoms with E-state index in [2.05, 4.69) is 10.6 Å². The molecule has 1 saturated heterocycles. The van der Waals surface area contributed by atoms with Gasteiger partial charge in [0.25, 0.3) is 0 Å². The predicted molar refractivity (Wildman–Crippen MR) is 77.9 cm³/mol. The summed E-state index contributed by atoms with van der Waals surface area (Å²) in [6, 6.07) is -1.31. The third-order valence-corrected chi connectivity index (χ3v) is 3.95. The number of nitrogens with one attached hydrogen (secondary N) is 2. The number of rotatable bonds is 5. The van der Waals surface area contributed by atoms with E-state index in [0.29, 0.717) is 13.1 Å². The van der Waals surface area contributed by atoms with E-state index in [1.165, 1.54) is 6.92 Å². The molecule has 1 heterocycles. The van der Waals surface area contributed by atoms with Crippen molar-refractivity contribution in [2.45, 2.75) is 58.0 Å². The monoisotopic (exact) mass is 299 g/mol. The van der Waals surface area contributed by atoms with Crippen LogP contribution in [0.3, 0.4) is 0 Å². The van der Waals surface area contributed by atoms with Crippen LogP contribution in [0.25, 0.3) is 0 Å². The number of aliphatic carboxylic acids is 1. The molecule has 0 aliphatic carbocycles. The first-order valence-electron chi connectivity index (χ1n) is 7.41. The second-order valence-electron chi connectivity index (χ2n) is 5.70. The SMILES string of the molecule is CCC(C)(NC(=O)NC(C)C(=O)N1CCCCC1)C(=O)O. The zero-order valence-electron chi connectivity index (χ0n) is 12.9. The number of carbonyl (C=O) groups is 3. The number of urea groups is 1. The quantitative estimate of drug-likeness (QED) is 0.703. The van der Waals surface area contributed by atoms with Crippen molar-refractivity contribution in [1.82, 2.24) is 15.5 Å². The van der Waals surface area contributed by atoms with E-state index in [9.17, 15) is 14.4 Å². The van der Waals surface area contributed by atoms with Crippen LogP contribution in [-0.2, 0) is 9.59 Å². The van der Waals surface area contributed by atoms with Gasteiger partial charge in [0.05, 0.1) is 0 Å². The summed E-state index contributed by atoms with van der Waals surface area (Å²) in [6.45, 7) is 6.16. The Bertz CT molecular complexity index is 407. The molecule has 0 spiro atoms. The van der Waals surface area contributed by atoms with Gasteiger partial charge in [-0.15, -0.1) is 0 Å². The lowest BCUT2D eigenvalue weighted by Crippen LogP contribution is -2.58. The van der Waals surface area contributed by atoms with Crippen LogP contribution in [0, 0.1) is 0 Å². The maximum atomic E-state index is 12.2. The molecular formula is C14H25N3O4. The van der Waals surface area contributed by atoms with E-state index in [0.717, 1.165) is 19.3 Å². The number of hydrogen-bond donors (Lipinski definition) is 3. The van der Waals surface area contributed by atoms with Gasteiger partial charge in [-0.2, -0.15) is 0 Å². The van der Waals surface area contributed by atoms with Crippen LogP contribution in [0.4, 0.5) is 4.79 Å². The zero-order valence-corrected chi connectivity index (χ0v) is 12.9. The molecule has 0 aromatic rings. The first-order chi connectivity index (χ1) is 9.80. The minimum Gasteiger partial charge on any atom is -0.480 e. The summed E-state index contributed by atoms with van der Waals surface area (Å²) < 4.78 is 0. The van der Waals surface area contributed by atoms with Crippen molar-refractivity contribution in [3.8, 4) is 0 Å². The average molecular weight is 299 g/mol. The Morgan fingerprint density at radius 2 is 1.81 bits per heavy atom. The number of amides is 3. The fourth-order valence-electron chi connectivity index (χ4n) is 2.23. The van der Waals surface area contributed by atoms with Crippen LogP contribution in [0.1, 0.15) is 46.5 Å². The molecule has 1 aliphatic rings. The summed E-state index contributed by atoms with van der Waals surface area (Å²) in [7, 11) is 0. The number of carboxylic acid groups (broad SMARTS) is 1. The number of likely N-dealkylation sites (tertiary alicyclic amines) is 1. The summed E-state index contributed by atoms with van der Waals surface area (Å²) in [5.41, 5.74) is -1.34. The number of carboxylic acids is 1. The van der Waals surface area contributed by atoms with Crippen LogP contribution >= 0.6 is 0 Å². The number of piperidine rings is 1. The van der Waals surface area contributed by atoms with Gasteiger partial charge >= 0.3 is 12.0 Å². The summed E-state index contributed by atoms with van der Waals surface area (Å²) in [5.74, 6) is -1.23. The molecule has 21 heavy (non-hydrogen) atoms. The average Bonchev–Trinajstić information content (AvgIpc) is 2.46. The molecule has 0 bridgehead atoms. The summed E-state index contributed by atoms with van der Waals surface area (Å²) in [6.07, 6.45) is 3.35. The van der Waals surface area contributed by atoms with Gasteiger partial charge < -0.3 is 20.6 Å². The van der Waals surface area contributed by atoms with Crippen molar-refractivity contribution in [1.29, 1.82) is 0 Å². The van der Waals surface area contributed by atoms with Gasteiger partial charge in [0, 0.05) is 13.1 Å². The van der Waals surface area contributed by atoms with Gasteiger partial charge in [0.1, 0.15) is 11.6 Å². The number of nitrogens with zero attached hydrogens (tertiary/aromatic N) is 1. The van der Waals surface area contributed by atoms with Gasteiger partial charge in [0.15, 0.2) is 0 Å². The molecule has 3 amide bonds. The molecule has 7 nitrogen and oxygen atoms in total. The molecule has 3 N–H and O–H groups in total. The van der Waals surface area contributed by atoms with Gasteiger partial charge in [-0.25, -0.2) is 9.59 Å². The van der Waals surface area contributed by atoms with Crippen LogP contribution in [-0.4, -0.2) is 52.6 Å². The molecule has 120 valence electrons. The lowest BCUT2D eigenvalue weighted by Gasteiger charge is -2.30. The molecule has 1 fully saturated rings. The second-order valence-corrected chi connectivity index (χ2v) is 5.70. The molecule has 0 radical (unpaired) electrons. The summed E-state index contributed by atoms with van der Waals surface area (Å²) in [4.78, 5) is 36.9.